The molecule has 1 fully saturated rings. The van der Waals surface area contributed by atoms with E-state index in [0.717, 1.165) is 28.9 Å². The number of rotatable bonds is 5. The minimum absolute atomic E-state index is 0.0623. The van der Waals surface area contributed by atoms with Gasteiger partial charge in [0.15, 0.2) is 0 Å². The monoisotopic (exact) mass is 429 g/mol. The van der Waals surface area contributed by atoms with Gasteiger partial charge in [0.25, 0.3) is 5.91 Å². The van der Waals surface area contributed by atoms with Crippen molar-refractivity contribution >= 4 is 11.4 Å². The van der Waals surface area contributed by atoms with Crippen LogP contribution in [0.1, 0.15) is 27.3 Å². The highest BCUT2D eigenvalue weighted by Crippen LogP contribution is 2.20. The van der Waals surface area contributed by atoms with Gasteiger partial charge >= 0.3 is 0 Å². The zero-order valence-corrected chi connectivity index (χ0v) is 18.2. The van der Waals surface area contributed by atoms with Crippen LogP contribution in [0.3, 0.4) is 0 Å². The number of imidazole rings is 1. The summed E-state index contributed by atoms with van der Waals surface area (Å²) in [6.07, 6.45) is 8.38. The SMILES string of the molecule is Cc1nccn1Cc1cccc(C(=O)N2CCOC[C@H](Cc3cccn4nccc34)C2)c1. The molecule has 0 aliphatic carbocycles. The minimum atomic E-state index is 0.0623. The summed E-state index contributed by atoms with van der Waals surface area (Å²) in [5.74, 6) is 1.26. The molecule has 0 N–H and O–H groups in total. The van der Waals surface area contributed by atoms with Crippen LogP contribution in [0.25, 0.3) is 5.52 Å². The third kappa shape index (κ3) is 4.29. The Kier molecular flexibility index (Phi) is 5.73. The highest BCUT2D eigenvalue weighted by atomic mass is 16.5. The van der Waals surface area contributed by atoms with Gasteiger partial charge < -0.3 is 14.2 Å². The van der Waals surface area contributed by atoms with Crippen molar-refractivity contribution in [1.82, 2.24) is 24.1 Å². The van der Waals surface area contributed by atoms with Crippen molar-refractivity contribution in [2.45, 2.75) is 19.9 Å². The lowest BCUT2D eigenvalue weighted by Gasteiger charge is -2.24. The van der Waals surface area contributed by atoms with Gasteiger partial charge in [0, 0.05) is 55.9 Å². The number of pyridine rings is 1. The van der Waals surface area contributed by atoms with Crippen LogP contribution >= 0.6 is 0 Å². The topological polar surface area (TPSA) is 64.7 Å². The zero-order valence-electron chi connectivity index (χ0n) is 18.2. The molecule has 0 spiro atoms. The predicted molar refractivity (Wildman–Crippen MR) is 122 cm³/mol. The van der Waals surface area contributed by atoms with Crippen LogP contribution in [0.4, 0.5) is 0 Å². The number of carbonyl (C=O) groups excluding carboxylic acids is 1. The van der Waals surface area contributed by atoms with Gasteiger partial charge in [0.1, 0.15) is 5.82 Å². The standard InChI is InChI=1S/C25H27N5O2/c1-19-26-9-11-28(19)16-20-4-2-5-23(14-20)25(31)29-12-13-32-18-21(17-29)15-22-6-3-10-30-24(22)7-8-27-30/h2-11,14,21H,12-13,15-18H2,1H3/t21-/m1/s1. The third-order valence-electron chi connectivity index (χ3n) is 6.11. The normalized spacial score (nSPS) is 16.9. The molecular formula is C25H27N5O2. The van der Waals surface area contributed by atoms with E-state index >= 15 is 0 Å². The smallest absolute Gasteiger partial charge is 0.253 e. The van der Waals surface area contributed by atoms with Crippen molar-refractivity contribution in [2.24, 2.45) is 5.92 Å². The molecule has 164 valence electrons. The molecule has 0 saturated carbocycles. The van der Waals surface area contributed by atoms with E-state index in [4.69, 9.17) is 4.74 Å². The average molecular weight is 430 g/mol. The van der Waals surface area contributed by atoms with Crippen molar-refractivity contribution in [2.75, 3.05) is 26.3 Å². The number of benzene rings is 1. The first-order valence-corrected chi connectivity index (χ1v) is 11.0. The fourth-order valence-electron chi connectivity index (χ4n) is 4.44. The molecule has 32 heavy (non-hydrogen) atoms. The van der Waals surface area contributed by atoms with E-state index in [2.05, 4.69) is 26.8 Å². The number of ether oxygens (including phenoxy) is 1. The lowest BCUT2D eigenvalue weighted by Crippen LogP contribution is -2.36. The molecule has 1 amide bonds. The average Bonchev–Trinajstić information content (AvgIpc) is 3.38. The molecule has 7 heteroatoms. The molecule has 4 aromatic rings. The Balaban J connectivity index is 1.31. The number of carbonyl (C=O) groups is 1. The number of hydrogen-bond donors (Lipinski definition) is 0. The Hall–Kier alpha value is -3.45. The molecule has 3 aromatic heterocycles. The number of amides is 1. The van der Waals surface area contributed by atoms with Gasteiger partial charge in [-0.1, -0.05) is 18.2 Å². The largest absolute Gasteiger partial charge is 0.379 e. The van der Waals surface area contributed by atoms with Crippen molar-refractivity contribution < 1.29 is 9.53 Å². The molecule has 1 atom stereocenters. The van der Waals surface area contributed by atoms with Crippen molar-refractivity contribution in [3.05, 3.63) is 89.8 Å². The van der Waals surface area contributed by atoms with Gasteiger partial charge in [-0.25, -0.2) is 9.50 Å². The molecular weight excluding hydrogens is 402 g/mol. The summed E-state index contributed by atoms with van der Waals surface area (Å²) in [7, 11) is 0. The summed E-state index contributed by atoms with van der Waals surface area (Å²) >= 11 is 0. The Morgan fingerprint density at radius 3 is 2.97 bits per heavy atom. The molecule has 7 nitrogen and oxygen atoms in total. The Labute approximate surface area is 187 Å². The summed E-state index contributed by atoms with van der Waals surface area (Å²) < 4.78 is 9.84. The van der Waals surface area contributed by atoms with E-state index in [1.54, 1.807) is 6.20 Å². The molecule has 0 radical (unpaired) electrons. The summed E-state index contributed by atoms with van der Waals surface area (Å²) in [4.78, 5) is 19.6. The van der Waals surface area contributed by atoms with Crippen LogP contribution in [0.15, 0.2) is 67.3 Å². The highest BCUT2D eigenvalue weighted by molar-refractivity contribution is 5.94. The summed E-state index contributed by atoms with van der Waals surface area (Å²) in [6, 6.07) is 14.1. The number of aryl methyl sites for hydroxylation is 1. The van der Waals surface area contributed by atoms with E-state index in [-0.39, 0.29) is 11.8 Å². The summed E-state index contributed by atoms with van der Waals surface area (Å²) in [6.45, 7) is 5.19. The van der Waals surface area contributed by atoms with Crippen LogP contribution in [0.2, 0.25) is 0 Å². The van der Waals surface area contributed by atoms with Crippen molar-refractivity contribution in [3.63, 3.8) is 0 Å². The Morgan fingerprint density at radius 2 is 2.09 bits per heavy atom. The minimum Gasteiger partial charge on any atom is -0.379 e. The van der Waals surface area contributed by atoms with Gasteiger partial charge in [-0.15, -0.1) is 0 Å². The first kappa shape index (κ1) is 20.5. The fraction of sp³-hybridized carbons (Fsp3) is 0.320. The van der Waals surface area contributed by atoms with E-state index in [1.807, 2.05) is 65.3 Å². The van der Waals surface area contributed by atoms with Gasteiger partial charge in [-0.05, 0) is 48.7 Å². The van der Waals surface area contributed by atoms with Gasteiger partial charge in [-0.2, -0.15) is 5.10 Å². The maximum absolute atomic E-state index is 13.4. The summed E-state index contributed by atoms with van der Waals surface area (Å²) in [5, 5.41) is 4.33. The Bertz CT molecular complexity index is 1230. The van der Waals surface area contributed by atoms with Gasteiger partial charge in [0.2, 0.25) is 0 Å². The van der Waals surface area contributed by atoms with Gasteiger partial charge in [-0.3, -0.25) is 4.79 Å². The maximum atomic E-state index is 13.4. The van der Waals surface area contributed by atoms with Crippen LogP contribution in [-0.2, 0) is 17.7 Å². The summed E-state index contributed by atoms with van der Waals surface area (Å²) in [5.41, 5.74) is 4.15. The first-order chi connectivity index (χ1) is 15.7. The molecule has 0 unspecified atom stereocenters. The third-order valence-corrected chi connectivity index (χ3v) is 6.11. The molecule has 0 bridgehead atoms. The molecule has 1 aliphatic heterocycles. The second-order valence-electron chi connectivity index (χ2n) is 8.39. The number of fused-ring (bicyclic) bond motifs is 1. The van der Waals surface area contributed by atoms with Crippen LogP contribution in [-0.4, -0.2) is 56.3 Å². The number of nitrogens with zero attached hydrogens (tertiary/aromatic N) is 5. The second kappa shape index (κ2) is 8.96. The Morgan fingerprint density at radius 1 is 1.16 bits per heavy atom. The molecule has 1 aromatic carbocycles. The molecule has 4 heterocycles. The van der Waals surface area contributed by atoms with Crippen molar-refractivity contribution in [3.8, 4) is 0 Å². The van der Waals surface area contributed by atoms with Crippen LogP contribution < -0.4 is 0 Å². The highest BCUT2D eigenvalue weighted by Gasteiger charge is 2.24. The lowest BCUT2D eigenvalue weighted by molar-refractivity contribution is 0.0737. The van der Waals surface area contributed by atoms with Crippen molar-refractivity contribution in [1.29, 1.82) is 0 Å². The van der Waals surface area contributed by atoms with Crippen LogP contribution in [0.5, 0.6) is 0 Å². The number of aromatic nitrogens is 4. The fourth-order valence-corrected chi connectivity index (χ4v) is 4.44. The lowest BCUT2D eigenvalue weighted by atomic mass is 9.99. The quantitative estimate of drug-likeness (QED) is 0.489. The van der Waals surface area contributed by atoms with Gasteiger partial charge in [0.05, 0.1) is 18.7 Å². The van der Waals surface area contributed by atoms with E-state index in [9.17, 15) is 4.79 Å². The molecule has 5 rings (SSSR count). The van der Waals surface area contributed by atoms with E-state index in [0.29, 0.717) is 32.8 Å². The second-order valence-corrected chi connectivity index (χ2v) is 8.39. The van der Waals surface area contributed by atoms with E-state index in [1.165, 1.54) is 5.56 Å². The molecule has 1 saturated heterocycles. The van der Waals surface area contributed by atoms with E-state index < -0.39 is 0 Å². The number of hydrogen-bond acceptors (Lipinski definition) is 4. The first-order valence-electron chi connectivity index (χ1n) is 11.0. The van der Waals surface area contributed by atoms with Crippen LogP contribution in [0, 0.1) is 12.8 Å². The zero-order chi connectivity index (χ0) is 21.9. The molecule has 1 aliphatic rings. The predicted octanol–water partition coefficient (Wildman–Crippen LogP) is 3.22. The maximum Gasteiger partial charge on any atom is 0.253 e.